The highest BCUT2D eigenvalue weighted by atomic mass is 32.2. The van der Waals surface area contributed by atoms with E-state index >= 15 is 0 Å². The van der Waals surface area contributed by atoms with Crippen molar-refractivity contribution in [1.82, 2.24) is 0 Å². The van der Waals surface area contributed by atoms with Gasteiger partial charge in [-0.05, 0) is 74.1 Å². The lowest BCUT2D eigenvalue weighted by Gasteiger charge is -2.40. The SMILES string of the molecule is N#Cc1ccc(S(=O)(=O)C2(c3cc(F)ccc3F)CCC(CC(=O)O)CC2)cc1. The maximum atomic E-state index is 14.7. The van der Waals surface area contributed by atoms with E-state index in [0.29, 0.717) is 0 Å². The predicted octanol–water partition coefficient (Wildman–Crippen LogP) is 4.17. The van der Waals surface area contributed by atoms with Gasteiger partial charge in [-0.25, -0.2) is 17.2 Å². The van der Waals surface area contributed by atoms with Crippen LogP contribution in [0.2, 0.25) is 0 Å². The molecule has 1 aliphatic rings. The van der Waals surface area contributed by atoms with Crippen LogP contribution in [0.1, 0.15) is 43.2 Å². The fourth-order valence-corrected chi connectivity index (χ4v) is 6.22. The smallest absolute Gasteiger partial charge is 0.303 e. The van der Waals surface area contributed by atoms with Gasteiger partial charge in [-0.3, -0.25) is 4.79 Å². The number of carbonyl (C=O) groups is 1. The fraction of sp³-hybridized carbons (Fsp3) is 0.333. The van der Waals surface area contributed by atoms with Gasteiger partial charge in [0.1, 0.15) is 16.4 Å². The maximum Gasteiger partial charge on any atom is 0.303 e. The molecule has 2 aromatic carbocycles. The van der Waals surface area contributed by atoms with Gasteiger partial charge in [0.15, 0.2) is 9.84 Å². The average molecular weight is 419 g/mol. The Morgan fingerprint density at radius 2 is 1.76 bits per heavy atom. The first kappa shape index (κ1) is 20.9. The summed E-state index contributed by atoms with van der Waals surface area (Å²) in [5.41, 5.74) is 0.0377. The molecule has 0 spiro atoms. The van der Waals surface area contributed by atoms with Gasteiger partial charge < -0.3 is 5.11 Å². The van der Waals surface area contributed by atoms with Crippen LogP contribution in [-0.4, -0.2) is 19.5 Å². The molecule has 2 aromatic rings. The Hall–Kier alpha value is -2.79. The molecule has 0 aliphatic heterocycles. The first-order valence-corrected chi connectivity index (χ1v) is 10.6. The average Bonchev–Trinajstić information content (AvgIpc) is 2.70. The van der Waals surface area contributed by atoms with Crippen LogP contribution in [0.5, 0.6) is 0 Å². The maximum absolute atomic E-state index is 14.7. The molecule has 8 heteroatoms. The van der Waals surface area contributed by atoms with Crippen LogP contribution in [0.25, 0.3) is 0 Å². The molecule has 1 saturated carbocycles. The Balaban J connectivity index is 2.12. The lowest BCUT2D eigenvalue weighted by Crippen LogP contribution is -2.41. The zero-order valence-corrected chi connectivity index (χ0v) is 16.3. The molecular weight excluding hydrogens is 400 g/mol. The number of carboxylic acid groups (broad SMARTS) is 1. The summed E-state index contributed by atoms with van der Waals surface area (Å²) < 4.78 is 54.2. The number of benzene rings is 2. The second kappa shape index (κ2) is 7.91. The van der Waals surface area contributed by atoms with Crippen molar-refractivity contribution in [2.24, 2.45) is 5.92 Å². The standard InChI is InChI=1S/C21H19F2NO4S/c22-16-3-6-19(23)18(12-16)21(9-7-14(8-10-21)11-20(25)26)29(27,28)17-4-1-15(13-24)2-5-17/h1-6,12,14H,7-11H2,(H,25,26). The highest BCUT2D eigenvalue weighted by Gasteiger charge is 2.50. The minimum Gasteiger partial charge on any atom is -0.481 e. The third kappa shape index (κ3) is 3.87. The molecule has 152 valence electrons. The first-order valence-electron chi connectivity index (χ1n) is 9.12. The predicted molar refractivity (Wildman–Crippen MR) is 101 cm³/mol. The second-order valence-corrected chi connectivity index (χ2v) is 9.56. The van der Waals surface area contributed by atoms with Crippen molar-refractivity contribution in [3.05, 3.63) is 65.2 Å². The minimum atomic E-state index is -4.16. The quantitative estimate of drug-likeness (QED) is 0.785. The second-order valence-electron chi connectivity index (χ2n) is 7.30. The van der Waals surface area contributed by atoms with Crippen LogP contribution in [0.3, 0.4) is 0 Å². The number of halogens is 2. The van der Waals surface area contributed by atoms with Gasteiger partial charge in [-0.1, -0.05) is 0 Å². The molecule has 0 atom stereocenters. The molecule has 0 unspecified atom stereocenters. The van der Waals surface area contributed by atoms with E-state index < -0.39 is 32.2 Å². The van der Waals surface area contributed by atoms with Crippen LogP contribution in [0.15, 0.2) is 47.4 Å². The van der Waals surface area contributed by atoms with E-state index in [-0.39, 0.29) is 54.0 Å². The molecular formula is C21H19F2NO4S. The fourth-order valence-electron chi connectivity index (χ4n) is 4.06. The van der Waals surface area contributed by atoms with E-state index in [1.807, 2.05) is 6.07 Å². The molecule has 0 radical (unpaired) electrons. The van der Waals surface area contributed by atoms with Gasteiger partial charge in [0.05, 0.1) is 16.5 Å². The van der Waals surface area contributed by atoms with Crippen molar-refractivity contribution in [2.75, 3.05) is 0 Å². The van der Waals surface area contributed by atoms with Crippen molar-refractivity contribution in [3.63, 3.8) is 0 Å². The van der Waals surface area contributed by atoms with E-state index in [1.165, 1.54) is 24.3 Å². The summed E-state index contributed by atoms with van der Waals surface area (Å²) in [6.07, 6.45) is 0.384. The van der Waals surface area contributed by atoms with E-state index in [4.69, 9.17) is 10.4 Å². The van der Waals surface area contributed by atoms with Crippen molar-refractivity contribution >= 4 is 15.8 Å². The third-order valence-electron chi connectivity index (χ3n) is 5.60. The largest absolute Gasteiger partial charge is 0.481 e. The molecule has 5 nitrogen and oxygen atoms in total. The lowest BCUT2D eigenvalue weighted by molar-refractivity contribution is -0.138. The van der Waals surface area contributed by atoms with Gasteiger partial charge in [-0.2, -0.15) is 5.26 Å². The monoisotopic (exact) mass is 419 g/mol. The highest BCUT2D eigenvalue weighted by molar-refractivity contribution is 7.92. The number of hydrogen-bond acceptors (Lipinski definition) is 4. The van der Waals surface area contributed by atoms with E-state index in [9.17, 15) is 22.0 Å². The minimum absolute atomic E-state index is 0.0202. The normalized spacial score (nSPS) is 22.0. The molecule has 1 fully saturated rings. The zero-order chi connectivity index (χ0) is 21.2. The van der Waals surface area contributed by atoms with Gasteiger partial charge >= 0.3 is 5.97 Å². The summed E-state index contributed by atoms with van der Waals surface area (Å²) in [7, 11) is -4.16. The number of rotatable bonds is 5. The lowest BCUT2D eigenvalue weighted by atomic mass is 9.76. The molecule has 29 heavy (non-hydrogen) atoms. The van der Waals surface area contributed by atoms with Crippen LogP contribution >= 0.6 is 0 Å². The Bertz CT molecular complexity index is 1070. The highest BCUT2D eigenvalue weighted by Crippen LogP contribution is 2.49. The summed E-state index contributed by atoms with van der Waals surface area (Å²) in [6, 6.07) is 9.95. The Kier molecular flexibility index (Phi) is 5.71. The van der Waals surface area contributed by atoms with Gasteiger partial charge in [-0.15, -0.1) is 0 Å². The molecule has 0 aromatic heterocycles. The Labute approximate surface area is 167 Å². The van der Waals surface area contributed by atoms with Gasteiger partial charge in [0, 0.05) is 12.0 Å². The summed E-state index contributed by atoms with van der Waals surface area (Å²) in [5, 5.41) is 18.0. The number of nitrogens with zero attached hydrogens (tertiary/aromatic N) is 1. The zero-order valence-electron chi connectivity index (χ0n) is 15.4. The van der Waals surface area contributed by atoms with Crippen LogP contribution in [0, 0.1) is 28.9 Å². The third-order valence-corrected chi connectivity index (χ3v) is 8.15. The molecule has 1 N–H and O–H groups in total. The number of hydrogen-bond donors (Lipinski definition) is 1. The van der Waals surface area contributed by atoms with Gasteiger partial charge in [0.25, 0.3) is 0 Å². The molecule has 0 saturated heterocycles. The van der Waals surface area contributed by atoms with Crippen LogP contribution < -0.4 is 0 Å². The van der Waals surface area contributed by atoms with Crippen molar-refractivity contribution in [3.8, 4) is 6.07 Å². The number of sulfone groups is 1. The Morgan fingerprint density at radius 1 is 1.14 bits per heavy atom. The van der Waals surface area contributed by atoms with Crippen molar-refractivity contribution in [2.45, 2.75) is 41.7 Å². The van der Waals surface area contributed by atoms with Crippen LogP contribution in [-0.2, 0) is 19.4 Å². The summed E-state index contributed by atoms with van der Waals surface area (Å²) >= 11 is 0. The number of nitriles is 1. The molecule has 0 amide bonds. The number of aliphatic carboxylic acids is 1. The topological polar surface area (TPSA) is 95.2 Å². The molecule has 3 rings (SSSR count). The van der Waals surface area contributed by atoms with Crippen molar-refractivity contribution < 1.29 is 27.1 Å². The van der Waals surface area contributed by atoms with Crippen molar-refractivity contribution in [1.29, 1.82) is 5.26 Å². The van der Waals surface area contributed by atoms with Crippen LogP contribution in [0.4, 0.5) is 8.78 Å². The van der Waals surface area contributed by atoms with E-state index in [2.05, 4.69) is 0 Å². The summed E-state index contributed by atoms with van der Waals surface area (Å²) in [6.45, 7) is 0. The summed E-state index contributed by atoms with van der Waals surface area (Å²) in [5.74, 6) is -2.77. The van der Waals surface area contributed by atoms with E-state index in [0.717, 1.165) is 18.2 Å². The number of carboxylic acids is 1. The molecule has 1 aliphatic carbocycles. The summed E-state index contributed by atoms with van der Waals surface area (Å²) in [4.78, 5) is 10.9. The Morgan fingerprint density at radius 3 is 2.31 bits per heavy atom. The molecule has 0 bridgehead atoms. The molecule has 0 heterocycles. The van der Waals surface area contributed by atoms with Gasteiger partial charge in [0.2, 0.25) is 0 Å². The first-order chi connectivity index (χ1) is 13.7. The van der Waals surface area contributed by atoms with E-state index in [1.54, 1.807) is 0 Å².